The molecule has 0 aliphatic carbocycles. The van der Waals surface area contributed by atoms with Gasteiger partial charge in [0.25, 0.3) is 0 Å². The first-order chi connectivity index (χ1) is 10.0. The van der Waals surface area contributed by atoms with Crippen molar-refractivity contribution in [1.29, 1.82) is 0 Å². The zero-order chi connectivity index (χ0) is 15.2. The zero-order valence-electron chi connectivity index (χ0n) is 12.3. The smallest absolute Gasteiger partial charge is 0.120 e. The van der Waals surface area contributed by atoms with E-state index in [2.05, 4.69) is 37.4 Å². The zero-order valence-corrected chi connectivity index (χ0v) is 13.0. The lowest BCUT2D eigenvalue weighted by Crippen LogP contribution is -2.26. The van der Waals surface area contributed by atoms with Crippen molar-refractivity contribution in [1.82, 2.24) is 0 Å². The van der Waals surface area contributed by atoms with Gasteiger partial charge in [0.15, 0.2) is 0 Å². The Morgan fingerprint density at radius 3 is 2.52 bits per heavy atom. The second-order valence-corrected chi connectivity index (χ2v) is 5.62. The fraction of sp³-hybridized carbons (Fsp3) is 0.294. The summed E-state index contributed by atoms with van der Waals surface area (Å²) in [4.78, 5) is 0. The quantitative estimate of drug-likeness (QED) is 0.853. The number of nitrogens with one attached hydrogen (secondary N) is 1. The maximum Gasteiger partial charge on any atom is 0.120 e. The summed E-state index contributed by atoms with van der Waals surface area (Å²) in [6.07, 6.45) is -0.593. The molecule has 2 aromatic carbocycles. The van der Waals surface area contributed by atoms with Crippen molar-refractivity contribution in [3.63, 3.8) is 0 Å². The Labute approximate surface area is 130 Å². The van der Waals surface area contributed by atoms with Gasteiger partial charge < -0.3 is 15.2 Å². The number of aryl methyl sites for hydroxylation is 2. The van der Waals surface area contributed by atoms with E-state index in [9.17, 15) is 5.11 Å². The Balaban J connectivity index is 1.80. The van der Waals surface area contributed by atoms with Crippen molar-refractivity contribution < 1.29 is 9.84 Å². The van der Waals surface area contributed by atoms with E-state index in [-0.39, 0.29) is 6.61 Å². The molecule has 0 aromatic heterocycles. The minimum atomic E-state index is -0.593. The third-order valence-corrected chi connectivity index (χ3v) is 3.24. The Morgan fingerprint density at radius 2 is 1.86 bits per heavy atom. The topological polar surface area (TPSA) is 41.5 Å². The summed E-state index contributed by atoms with van der Waals surface area (Å²) in [6.45, 7) is 4.76. The van der Waals surface area contributed by atoms with Crippen molar-refractivity contribution in [2.24, 2.45) is 0 Å². The largest absolute Gasteiger partial charge is 0.491 e. The molecule has 112 valence electrons. The number of rotatable bonds is 6. The number of hydrogen-bond acceptors (Lipinski definition) is 3. The van der Waals surface area contributed by atoms with Crippen molar-refractivity contribution in [3.05, 3.63) is 58.6 Å². The molecule has 0 amide bonds. The predicted molar refractivity (Wildman–Crippen MR) is 87.4 cm³/mol. The molecule has 2 rings (SSSR count). The number of hydrogen-bond donors (Lipinski definition) is 2. The lowest BCUT2D eigenvalue weighted by molar-refractivity contribution is 0.117. The molecule has 1 atom stereocenters. The molecule has 0 saturated carbocycles. The van der Waals surface area contributed by atoms with Crippen LogP contribution in [0.15, 0.2) is 42.5 Å². The van der Waals surface area contributed by atoms with E-state index >= 15 is 0 Å². The van der Waals surface area contributed by atoms with Crippen LogP contribution in [0.2, 0.25) is 5.02 Å². The van der Waals surface area contributed by atoms with Crippen LogP contribution in [0.5, 0.6) is 5.75 Å². The van der Waals surface area contributed by atoms with Crippen molar-refractivity contribution in [3.8, 4) is 5.75 Å². The van der Waals surface area contributed by atoms with Crippen LogP contribution >= 0.6 is 11.6 Å². The van der Waals surface area contributed by atoms with E-state index in [4.69, 9.17) is 16.3 Å². The molecule has 0 aliphatic heterocycles. The van der Waals surface area contributed by atoms with Gasteiger partial charge in [0.2, 0.25) is 0 Å². The highest BCUT2D eigenvalue weighted by Crippen LogP contribution is 2.17. The molecule has 0 fully saturated rings. The summed E-state index contributed by atoms with van der Waals surface area (Å²) >= 11 is 5.88. The molecular formula is C17H20ClNO2. The minimum absolute atomic E-state index is 0.220. The van der Waals surface area contributed by atoms with E-state index in [1.54, 1.807) is 12.1 Å². The van der Waals surface area contributed by atoms with E-state index in [1.165, 1.54) is 11.1 Å². The van der Waals surface area contributed by atoms with Gasteiger partial charge in [-0.25, -0.2) is 0 Å². The fourth-order valence-electron chi connectivity index (χ4n) is 2.12. The number of aliphatic hydroxyl groups is 1. The molecular weight excluding hydrogens is 286 g/mol. The van der Waals surface area contributed by atoms with E-state index < -0.39 is 6.10 Å². The Hall–Kier alpha value is -1.71. The van der Waals surface area contributed by atoms with Crippen LogP contribution in [0.1, 0.15) is 11.1 Å². The molecule has 1 unspecified atom stereocenters. The first kappa shape index (κ1) is 15.7. The molecule has 2 aromatic rings. The second-order valence-electron chi connectivity index (χ2n) is 5.18. The van der Waals surface area contributed by atoms with Crippen LogP contribution in [0.3, 0.4) is 0 Å². The summed E-state index contributed by atoms with van der Waals surface area (Å²) < 4.78 is 5.51. The molecule has 0 spiro atoms. The number of aliphatic hydroxyl groups excluding tert-OH is 1. The van der Waals surface area contributed by atoms with Gasteiger partial charge in [0.05, 0.1) is 0 Å². The van der Waals surface area contributed by atoms with Gasteiger partial charge in [-0.1, -0.05) is 23.7 Å². The van der Waals surface area contributed by atoms with Crippen LogP contribution in [0.25, 0.3) is 0 Å². The molecule has 4 heteroatoms. The molecule has 0 aliphatic rings. The highest BCUT2D eigenvalue weighted by atomic mass is 35.5. The number of benzene rings is 2. The highest BCUT2D eigenvalue weighted by Gasteiger charge is 2.06. The van der Waals surface area contributed by atoms with Crippen LogP contribution in [0, 0.1) is 13.8 Å². The maximum absolute atomic E-state index is 9.96. The van der Waals surface area contributed by atoms with Crippen LogP contribution in [0.4, 0.5) is 5.69 Å². The summed E-state index contributed by atoms with van der Waals surface area (Å²) in [5.74, 6) is 0.660. The summed E-state index contributed by atoms with van der Waals surface area (Å²) in [6, 6.07) is 13.4. The van der Waals surface area contributed by atoms with Crippen LogP contribution in [-0.2, 0) is 0 Å². The molecule has 2 N–H and O–H groups in total. The van der Waals surface area contributed by atoms with Gasteiger partial charge in [0, 0.05) is 17.3 Å². The van der Waals surface area contributed by atoms with Crippen LogP contribution < -0.4 is 10.1 Å². The fourth-order valence-corrected chi connectivity index (χ4v) is 2.30. The van der Waals surface area contributed by atoms with Crippen molar-refractivity contribution >= 4 is 17.3 Å². The van der Waals surface area contributed by atoms with E-state index in [0.717, 1.165) is 5.69 Å². The molecule has 3 nitrogen and oxygen atoms in total. The van der Waals surface area contributed by atoms with Crippen molar-refractivity contribution in [2.75, 3.05) is 18.5 Å². The summed E-state index contributed by atoms with van der Waals surface area (Å²) in [5, 5.41) is 13.8. The monoisotopic (exact) mass is 305 g/mol. The predicted octanol–water partition coefficient (Wildman–Crippen LogP) is 3.81. The van der Waals surface area contributed by atoms with Gasteiger partial charge in [-0.3, -0.25) is 0 Å². The summed E-state index contributed by atoms with van der Waals surface area (Å²) in [7, 11) is 0. The van der Waals surface area contributed by atoms with E-state index in [1.807, 2.05) is 12.1 Å². The summed E-state index contributed by atoms with van der Waals surface area (Å²) in [5.41, 5.74) is 3.40. The first-order valence-corrected chi connectivity index (χ1v) is 7.29. The normalized spacial score (nSPS) is 12.0. The lowest BCUT2D eigenvalue weighted by atomic mass is 10.1. The molecule has 0 saturated heterocycles. The van der Waals surface area contributed by atoms with Gasteiger partial charge in [-0.2, -0.15) is 0 Å². The van der Waals surface area contributed by atoms with Crippen molar-refractivity contribution in [2.45, 2.75) is 20.0 Å². The number of ether oxygens (including phenoxy) is 1. The maximum atomic E-state index is 9.96. The van der Waals surface area contributed by atoms with Gasteiger partial charge >= 0.3 is 0 Å². The Morgan fingerprint density at radius 1 is 1.14 bits per heavy atom. The second kappa shape index (κ2) is 7.34. The van der Waals surface area contributed by atoms with Gasteiger partial charge in [0.1, 0.15) is 18.5 Å². The number of anilines is 1. The SMILES string of the molecule is Cc1cc(C)cc(NCC(O)COc2cccc(Cl)c2)c1. The van der Waals surface area contributed by atoms with Gasteiger partial charge in [-0.15, -0.1) is 0 Å². The highest BCUT2D eigenvalue weighted by molar-refractivity contribution is 6.30. The first-order valence-electron chi connectivity index (χ1n) is 6.91. The average Bonchev–Trinajstić information content (AvgIpc) is 2.42. The van der Waals surface area contributed by atoms with Gasteiger partial charge in [-0.05, 0) is 55.3 Å². The average molecular weight is 306 g/mol. The lowest BCUT2D eigenvalue weighted by Gasteiger charge is -2.15. The minimum Gasteiger partial charge on any atom is -0.491 e. The third kappa shape index (κ3) is 5.29. The molecule has 0 radical (unpaired) electrons. The molecule has 21 heavy (non-hydrogen) atoms. The van der Waals surface area contributed by atoms with E-state index in [0.29, 0.717) is 17.3 Å². The molecule has 0 bridgehead atoms. The Kier molecular flexibility index (Phi) is 5.48. The molecule has 0 heterocycles. The third-order valence-electron chi connectivity index (χ3n) is 3.00. The van der Waals surface area contributed by atoms with Crippen LogP contribution in [-0.4, -0.2) is 24.4 Å². The Bertz CT molecular complexity index is 581. The standard InChI is InChI=1S/C17H20ClNO2/c1-12-6-13(2)8-15(7-12)19-10-16(20)11-21-17-5-3-4-14(18)9-17/h3-9,16,19-20H,10-11H2,1-2H3. The number of halogens is 1.